The molecular weight excluding hydrogens is 184 g/mol. The number of H-pyrrole nitrogens is 1. The first-order valence-electron chi connectivity index (χ1n) is 4.59. The summed E-state index contributed by atoms with van der Waals surface area (Å²) in [6, 6.07) is 0. The van der Waals surface area contributed by atoms with Crippen molar-refractivity contribution < 1.29 is 14.3 Å². The Morgan fingerprint density at radius 3 is 2.93 bits per heavy atom. The summed E-state index contributed by atoms with van der Waals surface area (Å²) in [5.41, 5.74) is 0.727. The van der Waals surface area contributed by atoms with Crippen molar-refractivity contribution in [2.45, 2.75) is 20.3 Å². The topological polar surface area (TPSA) is 64.2 Å². The molecule has 78 valence electrons. The molecule has 1 heterocycles. The van der Waals surface area contributed by atoms with Gasteiger partial charge in [-0.2, -0.15) is 0 Å². The van der Waals surface area contributed by atoms with E-state index >= 15 is 0 Å². The largest absolute Gasteiger partial charge is 0.477 e. The van der Waals surface area contributed by atoms with Crippen molar-refractivity contribution in [1.29, 1.82) is 0 Å². The number of aromatic nitrogens is 2. The molecular formula is C9H14N2O3. The summed E-state index contributed by atoms with van der Waals surface area (Å²) < 4.78 is 10.0. The Balaban J connectivity index is 2.56. The third kappa shape index (κ3) is 2.76. The number of carbonyl (C=O) groups is 1. The molecule has 0 aliphatic rings. The third-order valence-corrected chi connectivity index (χ3v) is 1.60. The van der Waals surface area contributed by atoms with Crippen LogP contribution in [0, 0.1) is 0 Å². The predicted octanol–water partition coefficient (Wildman–Crippen LogP) is 0.914. The van der Waals surface area contributed by atoms with Gasteiger partial charge < -0.3 is 9.47 Å². The van der Waals surface area contributed by atoms with Gasteiger partial charge in [0.15, 0.2) is 0 Å². The minimum Gasteiger partial charge on any atom is -0.477 e. The van der Waals surface area contributed by atoms with Gasteiger partial charge in [0.05, 0.1) is 19.6 Å². The molecule has 0 saturated carbocycles. The van der Waals surface area contributed by atoms with Gasteiger partial charge in [-0.25, -0.2) is 0 Å². The SMILES string of the molecule is CCOC(=O)Cc1c[nH]nc1OCC. The fourth-order valence-electron chi connectivity index (χ4n) is 1.06. The van der Waals surface area contributed by atoms with E-state index in [1.54, 1.807) is 13.1 Å². The van der Waals surface area contributed by atoms with Crippen LogP contribution in [0.5, 0.6) is 5.88 Å². The molecule has 1 aromatic rings. The van der Waals surface area contributed by atoms with E-state index in [1.165, 1.54) is 0 Å². The number of carbonyl (C=O) groups excluding carboxylic acids is 1. The van der Waals surface area contributed by atoms with Crippen LogP contribution < -0.4 is 4.74 Å². The molecule has 0 aliphatic heterocycles. The van der Waals surface area contributed by atoms with E-state index in [-0.39, 0.29) is 12.4 Å². The monoisotopic (exact) mass is 198 g/mol. The quantitative estimate of drug-likeness (QED) is 0.714. The van der Waals surface area contributed by atoms with E-state index < -0.39 is 0 Å². The van der Waals surface area contributed by atoms with Crippen molar-refractivity contribution in [3.05, 3.63) is 11.8 Å². The van der Waals surface area contributed by atoms with E-state index in [1.807, 2.05) is 6.92 Å². The standard InChI is InChI=1S/C9H14N2O3/c1-3-13-8(12)5-7-6-10-11-9(7)14-4-2/h6H,3-5H2,1-2H3,(H,10,11). The molecule has 0 amide bonds. The lowest BCUT2D eigenvalue weighted by atomic mass is 10.2. The Kier molecular flexibility index (Phi) is 3.97. The molecule has 0 aliphatic carbocycles. The highest BCUT2D eigenvalue weighted by molar-refractivity contribution is 5.73. The first-order chi connectivity index (χ1) is 6.77. The molecule has 0 atom stereocenters. The Labute approximate surface area is 82.4 Å². The van der Waals surface area contributed by atoms with Crippen LogP contribution in [0.1, 0.15) is 19.4 Å². The maximum atomic E-state index is 11.1. The molecule has 0 saturated heterocycles. The number of aromatic amines is 1. The van der Waals surface area contributed by atoms with Gasteiger partial charge in [-0.1, -0.05) is 0 Å². The summed E-state index contributed by atoms with van der Waals surface area (Å²) in [4.78, 5) is 11.1. The Hall–Kier alpha value is -1.52. The summed E-state index contributed by atoms with van der Waals surface area (Å²) in [5.74, 6) is 0.204. The summed E-state index contributed by atoms with van der Waals surface area (Å²) in [6.07, 6.45) is 1.83. The lowest BCUT2D eigenvalue weighted by Gasteiger charge is -2.02. The zero-order valence-electron chi connectivity index (χ0n) is 8.37. The summed E-state index contributed by atoms with van der Waals surface area (Å²) >= 11 is 0. The molecule has 1 rings (SSSR count). The van der Waals surface area contributed by atoms with E-state index in [2.05, 4.69) is 10.2 Å². The number of hydrogen-bond acceptors (Lipinski definition) is 4. The summed E-state index contributed by atoms with van der Waals surface area (Å²) in [7, 11) is 0. The lowest BCUT2D eigenvalue weighted by Crippen LogP contribution is -2.08. The van der Waals surface area contributed by atoms with Crippen LogP contribution >= 0.6 is 0 Å². The van der Waals surface area contributed by atoms with E-state index in [0.29, 0.717) is 19.1 Å². The van der Waals surface area contributed by atoms with Crippen molar-refractivity contribution in [3.8, 4) is 5.88 Å². The lowest BCUT2D eigenvalue weighted by molar-refractivity contribution is -0.142. The molecule has 1 aromatic heterocycles. The molecule has 5 nitrogen and oxygen atoms in total. The predicted molar refractivity (Wildman–Crippen MR) is 50.1 cm³/mol. The zero-order valence-corrected chi connectivity index (χ0v) is 8.37. The van der Waals surface area contributed by atoms with E-state index in [4.69, 9.17) is 9.47 Å². The van der Waals surface area contributed by atoms with Crippen molar-refractivity contribution in [2.24, 2.45) is 0 Å². The molecule has 5 heteroatoms. The number of hydrogen-bond donors (Lipinski definition) is 1. The second-order valence-electron chi connectivity index (χ2n) is 2.63. The second kappa shape index (κ2) is 5.26. The molecule has 0 bridgehead atoms. The number of nitrogens with zero attached hydrogens (tertiary/aromatic N) is 1. The van der Waals surface area contributed by atoms with Crippen LogP contribution in [0.25, 0.3) is 0 Å². The maximum Gasteiger partial charge on any atom is 0.310 e. The first kappa shape index (κ1) is 10.6. The highest BCUT2D eigenvalue weighted by Gasteiger charge is 2.11. The maximum absolute atomic E-state index is 11.1. The average molecular weight is 198 g/mol. The summed E-state index contributed by atoms with van der Waals surface area (Å²) in [6.45, 7) is 4.56. The number of rotatable bonds is 5. The Morgan fingerprint density at radius 1 is 1.50 bits per heavy atom. The van der Waals surface area contributed by atoms with Crippen molar-refractivity contribution in [3.63, 3.8) is 0 Å². The van der Waals surface area contributed by atoms with Crippen LogP contribution in [-0.2, 0) is 16.0 Å². The van der Waals surface area contributed by atoms with Crippen molar-refractivity contribution in [2.75, 3.05) is 13.2 Å². The van der Waals surface area contributed by atoms with Crippen LogP contribution in [0.3, 0.4) is 0 Å². The van der Waals surface area contributed by atoms with Crippen molar-refractivity contribution in [1.82, 2.24) is 10.2 Å². The zero-order chi connectivity index (χ0) is 10.4. The van der Waals surface area contributed by atoms with E-state index in [9.17, 15) is 4.79 Å². The Bertz CT molecular complexity index is 296. The molecule has 0 fully saturated rings. The summed E-state index contributed by atoms with van der Waals surface area (Å²) in [5, 5.41) is 6.51. The van der Waals surface area contributed by atoms with Gasteiger partial charge >= 0.3 is 5.97 Å². The van der Waals surface area contributed by atoms with E-state index in [0.717, 1.165) is 5.56 Å². The molecule has 0 radical (unpaired) electrons. The molecule has 0 spiro atoms. The highest BCUT2D eigenvalue weighted by Crippen LogP contribution is 2.14. The minimum atomic E-state index is -0.269. The second-order valence-corrected chi connectivity index (χ2v) is 2.63. The normalized spacial score (nSPS) is 9.86. The smallest absolute Gasteiger partial charge is 0.310 e. The average Bonchev–Trinajstić information content (AvgIpc) is 2.54. The number of esters is 1. The van der Waals surface area contributed by atoms with Gasteiger partial charge in [0, 0.05) is 11.8 Å². The van der Waals surface area contributed by atoms with Gasteiger partial charge in [0.1, 0.15) is 0 Å². The minimum absolute atomic E-state index is 0.194. The molecule has 0 unspecified atom stereocenters. The van der Waals surface area contributed by atoms with Gasteiger partial charge in [0.25, 0.3) is 0 Å². The van der Waals surface area contributed by atoms with Crippen LogP contribution in [0.2, 0.25) is 0 Å². The molecule has 1 N–H and O–H groups in total. The van der Waals surface area contributed by atoms with Crippen LogP contribution in [-0.4, -0.2) is 29.4 Å². The van der Waals surface area contributed by atoms with Gasteiger partial charge in [0.2, 0.25) is 5.88 Å². The highest BCUT2D eigenvalue weighted by atomic mass is 16.5. The Morgan fingerprint density at radius 2 is 2.29 bits per heavy atom. The number of ether oxygens (including phenoxy) is 2. The third-order valence-electron chi connectivity index (χ3n) is 1.60. The number of nitrogens with one attached hydrogen (secondary N) is 1. The van der Waals surface area contributed by atoms with Crippen LogP contribution in [0.15, 0.2) is 6.20 Å². The van der Waals surface area contributed by atoms with Crippen LogP contribution in [0.4, 0.5) is 0 Å². The fraction of sp³-hybridized carbons (Fsp3) is 0.556. The van der Waals surface area contributed by atoms with Gasteiger partial charge in [-0.05, 0) is 13.8 Å². The molecule has 14 heavy (non-hydrogen) atoms. The van der Waals surface area contributed by atoms with Crippen molar-refractivity contribution >= 4 is 5.97 Å². The molecule has 0 aromatic carbocycles. The first-order valence-corrected chi connectivity index (χ1v) is 4.59. The fourth-order valence-corrected chi connectivity index (χ4v) is 1.06. The van der Waals surface area contributed by atoms with Gasteiger partial charge in [-0.3, -0.25) is 9.89 Å². The van der Waals surface area contributed by atoms with Gasteiger partial charge in [-0.15, -0.1) is 5.10 Å².